The first-order valence-electron chi connectivity index (χ1n) is 8.84. The Morgan fingerprint density at radius 3 is 2.44 bits per heavy atom. The molecule has 3 rings (SSSR count). The van der Waals surface area contributed by atoms with Crippen molar-refractivity contribution < 1.29 is 22.7 Å². The zero-order valence-electron chi connectivity index (χ0n) is 15.3. The number of morpholine rings is 1. The van der Waals surface area contributed by atoms with Gasteiger partial charge in [-0.1, -0.05) is 11.6 Å². The molecule has 10 heteroatoms. The van der Waals surface area contributed by atoms with E-state index in [9.17, 15) is 13.2 Å². The molecule has 27 heavy (non-hydrogen) atoms. The third kappa shape index (κ3) is 4.91. The minimum Gasteiger partial charge on any atom is -0.482 e. The number of hydrogen-bond donors (Lipinski definition) is 0. The van der Waals surface area contributed by atoms with Crippen LogP contribution in [0.3, 0.4) is 0 Å². The maximum Gasteiger partial charge on any atom is 0.260 e. The predicted molar refractivity (Wildman–Crippen MR) is 101 cm³/mol. The molecule has 150 valence electrons. The summed E-state index contributed by atoms with van der Waals surface area (Å²) in [6, 6.07) is 4.31. The zero-order chi connectivity index (χ0) is 19.4. The van der Waals surface area contributed by atoms with Crippen LogP contribution in [0.4, 0.5) is 0 Å². The number of piperazine rings is 1. The van der Waals surface area contributed by atoms with Gasteiger partial charge in [0.1, 0.15) is 5.75 Å². The Morgan fingerprint density at radius 1 is 1.15 bits per heavy atom. The molecule has 0 radical (unpaired) electrons. The number of likely N-dealkylation sites (N-methyl/N-ethyl adjacent to an activating group) is 1. The second kappa shape index (κ2) is 8.74. The second-order valence-corrected chi connectivity index (χ2v) is 8.93. The molecule has 0 aromatic heterocycles. The number of halogens is 1. The molecule has 0 N–H and O–H groups in total. The van der Waals surface area contributed by atoms with Gasteiger partial charge in [0.2, 0.25) is 10.0 Å². The fourth-order valence-electron chi connectivity index (χ4n) is 2.98. The molecule has 0 spiro atoms. The van der Waals surface area contributed by atoms with Gasteiger partial charge in [0.15, 0.2) is 6.61 Å². The SMILES string of the molecule is CN1CCN(C(=O)COc2ccc(S(=O)(=O)N3CCOCC3)cc2Cl)CC1. The number of amides is 1. The summed E-state index contributed by atoms with van der Waals surface area (Å²) in [7, 11) is -1.60. The largest absolute Gasteiger partial charge is 0.482 e. The van der Waals surface area contributed by atoms with E-state index < -0.39 is 10.0 Å². The quantitative estimate of drug-likeness (QED) is 0.694. The Bertz CT molecular complexity index is 775. The first-order chi connectivity index (χ1) is 12.9. The van der Waals surface area contributed by atoms with Gasteiger partial charge in [-0.2, -0.15) is 4.31 Å². The van der Waals surface area contributed by atoms with E-state index in [0.29, 0.717) is 45.1 Å². The third-order valence-corrected chi connectivity index (χ3v) is 6.91. The molecular weight excluding hydrogens is 394 g/mol. The lowest BCUT2D eigenvalue weighted by molar-refractivity contribution is -0.134. The lowest BCUT2D eigenvalue weighted by Crippen LogP contribution is -2.48. The maximum absolute atomic E-state index is 12.7. The highest BCUT2D eigenvalue weighted by atomic mass is 35.5. The molecule has 1 aromatic carbocycles. The number of sulfonamides is 1. The summed E-state index contributed by atoms with van der Waals surface area (Å²) in [5.74, 6) is 0.184. The highest BCUT2D eigenvalue weighted by Crippen LogP contribution is 2.29. The minimum absolute atomic E-state index is 0.104. The van der Waals surface area contributed by atoms with E-state index in [1.54, 1.807) is 4.90 Å². The van der Waals surface area contributed by atoms with E-state index in [1.165, 1.54) is 22.5 Å². The number of hydrogen-bond acceptors (Lipinski definition) is 6. The average molecular weight is 418 g/mol. The van der Waals surface area contributed by atoms with Gasteiger partial charge in [-0.15, -0.1) is 0 Å². The van der Waals surface area contributed by atoms with E-state index in [-0.39, 0.29) is 22.4 Å². The smallest absolute Gasteiger partial charge is 0.260 e. The van der Waals surface area contributed by atoms with Gasteiger partial charge in [-0.25, -0.2) is 8.42 Å². The highest BCUT2D eigenvalue weighted by Gasteiger charge is 2.27. The number of carbonyl (C=O) groups is 1. The van der Waals surface area contributed by atoms with Gasteiger partial charge < -0.3 is 19.3 Å². The molecule has 2 fully saturated rings. The van der Waals surface area contributed by atoms with E-state index in [4.69, 9.17) is 21.1 Å². The summed E-state index contributed by atoms with van der Waals surface area (Å²) in [5, 5.41) is 0.163. The van der Waals surface area contributed by atoms with Crippen LogP contribution in [0.2, 0.25) is 5.02 Å². The summed E-state index contributed by atoms with van der Waals surface area (Å²) in [5.41, 5.74) is 0. The normalized spacial score (nSPS) is 19.9. The molecule has 2 saturated heterocycles. The Kier molecular flexibility index (Phi) is 6.59. The van der Waals surface area contributed by atoms with Gasteiger partial charge >= 0.3 is 0 Å². The number of carbonyl (C=O) groups excluding carboxylic acids is 1. The van der Waals surface area contributed by atoms with Crippen molar-refractivity contribution in [2.45, 2.75) is 4.90 Å². The number of ether oxygens (including phenoxy) is 2. The monoisotopic (exact) mass is 417 g/mol. The van der Waals surface area contributed by atoms with Gasteiger partial charge in [-0.3, -0.25) is 4.79 Å². The van der Waals surface area contributed by atoms with Crippen molar-refractivity contribution in [2.24, 2.45) is 0 Å². The summed E-state index contributed by atoms with van der Waals surface area (Å²) in [6.07, 6.45) is 0. The lowest BCUT2D eigenvalue weighted by atomic mass is 10.3. The Hall–Kier alpha value is -1.39. The summed E-state index contributed by atoms with van der Waals surface area (Å²) >= 11 is 6.20. The molecule has 2 aliphatic heterocycles. The van der Waals surface area contributed by atoms with Gasteiger partial charge in [0, 0.05) is 39.3 Å². The van der Waals surface area contributed by atoms with Crippen LogP contribution < -0.4 is 4.74 Å². The van der Waals surface area contributed by atoms with E-state index in [0.717, 1.165) is 13.1 Å². The topological polar surface area (TPSA) is 79.4 Å². The standard InChI is InChI=1S/C17H24ClN3O5S/c1-19-4-6-20(7-5-19)17(22)13-26-16-3-2-14(12-15(16)18)27(23,24)21-8-10-25-11-9-21/h2-3,12H,4-11,13H2,1H3. The van der Waals surface area contributed by atoms with Gasteiger partial charge in [0.25, 0.3) is 5.91 Å². The number of nitrogens with zero attached hydrogens (tertiary/aromatic N) is 3. The van der Waals surface area contributed by atoms with Gasteiger partial charge in [-0.05, 0) is 25.2 Å². The molecule has 0 atom stereocenters. The molecule has 2 heterocycles. The van der Waals surface area contributed by atoms with E-state index >= 15 is 0 Å². The molecular formula is C17H24ClN3O5S. The van der Waals surface area contributed by atoms with Crippen molar-refractivity contribution in [1.29, 1.82) is 0 Å². The molecule has 8 nitrogen and oxygen atoms in total. The van der Waals surface area contributed by atoms with Crippen LogP contribution in [0, 0.1) is 0 Å². The van der Waals surface area contributed by atoms with Crippen LogP contribution in [0.15, 0.2) is 23.1 Å². The lowest BCUT2D eigenvalue weighted by Gasteiger charge is -2.32. The Morgan fingerprint density at radius 2 is 1.81 bits per heavy atom. The van der Waals surface area contributed by atoms with Crippen LogP contribution in [-0.4, -0.2) is 94.6 Å². The van der Waals surface area contributed by atoms with Crippen molar-refractivity contribution in [3.8, 4) is 5.75 Å². The fourth-order valence-corrected chi connectivity index (χ4v) is 4.72. The van der Waals surface area contributed by atoms with Crippen LogP contribution in [0.1, 0.15) is 0 Å². The molecule has 0 aliphatic carbocycles. The number of benzene rings is 1. The first-order valence-corrected chi connectivity index (χ1v) is 10.7. The molecule has 0 saturated carbocycles. The zero-order valence-corrected chi connectivity index (χ0v) is 16.8. The van der Waals surface area contributed by atoms with E-state index in [1.807, 2.05) is 7.05 Å². The number of rotatable bonds is 5. The van der Waals surface area contributed by atoms with Crippen LogP contribution in [-0.2, 0) is 19.6 Å². The summed E-state index contributed by atoms with van der Waals surface area (Å²) in [6.45, 7) is 4.27. The molecule has 0 bridgehead atoms. The molecule has 2 aliphatic rings. The van der Waals surface area contributed by atoms with Crippen LogP contribution in [0.25, 0.3) is 0 Å². The first kappa shape index (κ1) is 20.3. The summed E-state index contributed by atoms with van der Waals surface area (Å²) in [4.78, 5) is 16.3. The van der Waals surface area contributed by atoms with E-state index in [2.05, 4.69) is 4.90 Å². The fraction of sp³-hybridized carbons (Fsp3) is 0.588. The second-order valence-electron chi connectivity index (χ2n) is 6.58. The molecule has 1 aromatic rings. The van der Waals surface area contributed by atoms with Crippen molar-refractivity contribution in [3.05, 3.63) is 23.2 Å². The highest BCUT2D eigenvalue weighted by molar-refractivity contribution is 7.89. The Labute approximate surface area is 164 Å². The molecule has 0 unspecified atom stereocenters. The third-order valence-electron chi connectivity index (χ3n) is 4.72. The summed E-state index contributed by atoms with van der Waals surface area (Å²) < 4.78 is 37.4. The Balaban J connectivity index is 1.62. The molecule has 1 amide bonds. The van der Waals surface area contributed by atoms with Crippen molar-refractivity contribution in [1.82, 2.24) is 14.1 Å². The van der Waals surface area contributed by atoms with Crippen LogP contribution in [0.5, 0.6) is 5.75 Å². The predicted octanol–water partition coefficient (Wildman–Crippen LogP) is 0.514. The van der Waals surface area contributed by atoms with Crippen molar-refractivity contribution >= 4 is 27.5 Å². The van der Waals surface area contributed by atoms with Gasteiger partial charge in [0.05, 0.1) is 23.1 Å². The van der Waals surface area contributed by atoms with Crippen LogP contribution >= 0.6 is 11.6 Å². The van der Waals surface area contributed by atoms with Crippen molar-refractivity contribution in [3.63, 3.8) is 0 Å². The van der Waals surface area contributed by atoms with Crippen molar-refractivity contribution in [2.75, 3.05) is 66.1 Å². The minimum atomic E-state index is -3.62. The average Bonchev–Trinajstić information content (AvgIpc) is 2.68. The maximum atomic E-state index is 12.7.